The number of nitrogens with one attached hydrogen (secondary N) is 1. The standard InChI is InChI=1S/C17H19BrClNS/c1-12(2)10-20-11-13-3-8-17(16(18)9-13)21-15-6-4-14(19)5-7-15/h3-9,12,20H,10-11H2,1-2H3. The Balaban J connectivity index is 2.00. The molecule has 0 radical (unpaired) electrons. The summed E-state index contributed by atoms with van der Waals surface area (Å²) < 4.78 is 1.13. The van der Waals surface area contributed by atoms with Gasteiger partial charge in [-0.1, -0.05) is 43.3 Å². The molecule has 2 aromatic rings. The van der Waals surface area contributed by atoms with Crippen LogP contribution in [0.3, 0.4) is 0 Å². The minimum Gasteiger partial charge on any atom is -0.312 e. The van der Waals surface area contributed by atoms with Crippen LogP contribution < -0.4 is 5.32 Å². The lowest BCUT2D eigenvalue weighted by atomic mass is 10.2. The van der Waals surface area contributed by atoms with Crippen LogP contribution in [0.15, 0.2) is 56.7 Å². The quantitative estimate of drug-likeness (QED) is 0.655. The number of hydrogen-bond donors (Lipinski definition) is 1. The molecule has 1 N–H and O–H groups in total. The van der Waals surface area contributed by atoms with Gasteiger partial charge >= 0.3 is 0 Å². The van der Waals surface area contributed by atoms with Crippen molar-refractivity contribution >= 4 is 39.3 Å². The van der Waals surface area contributed by atoms with E-state index in [1.807, 2.05) is 24.3 Å². The van der Waals surface area contributed by atoms with Gasteiger partial charge in [0.05, 0.1) is 0 Å². The summed E-state index contributed by atoms with van der Waals surface area (Å²) >= 11 is 11.3. The van der Waals surface area contributed by atoms with E-state index in [9.17, 15) is 0 Å². The molecule has 1 nitrogen and oxygen atoms in total. The van der Waals surface area contributed by atoms with Crippen molar-refractivity contribution in [3.05, 3.63) is 57.5 Å². The Morgan fingerprint density at radius 2 is 1.86 bits per heavy atom. The third kappa shape index (κ3) is 5.67. The third-order valence-electron chi connectivity index (χ3n) is 2.92. The SMILES string of the molecule is CC(C)CNCc1ccc(Sc2ccc(Cl)cc2)c(Br)c1. The van der Waals surface area contributed by atoms with Crippen molar-refractivity contribution < 1.29 is 0 Å². The lowest BCUT2D eigenvalue weighted by molar-refractivity contribution is 0.552. The van der Waals surface area contributed by atoms with Crippen LogP contribution in [0, 0.1) is 5.92 Å². The number of halogens is 2. The zero-order valence-corrected chi connectivity index (χ0v) is 15.4. The molecule has 0 fully saturated rings. The molecule has 0 aliphatic rings. The maximum absolute atomic E-state index is 5.91. The van der Waals surface area contributed by atoms with E-state index in [0.717, 1.165) is 22.6 Å². The van der Waals surface area contributed by atoms with Crippen LogP contribution in [-0.4, -0.2) is 6.54 Å². The molecule has 0 unspecified atom stereocenters. The van der Waals surface area contributed by atoms with Gasteiger partial charge in [0.15, 0.2) is 0 Å². The molecule has 0 heterocycles. The van der Waals surface area contributed by atoms with Crippen molar-refractivity contribution in [1.29, 1.82) is 0 Å². The van der Waals surface area contributed by atoms with Gasteiger partial charge in [0.2, 0.25) is 0 Å². The number of hydrogen-bond acceptors (Lipinski definition) is 2. The molecule has 2 rings (SSSR count). The number of rotatable bonds is 6. The smallest absolute Gasteiger partial charge is 0.0406 e. The Kier molecular flexibility index (Phi) is 6.62. The van der Waals surface area contributed by atoms with Crippen molar-refractivity contribution in [3.8, 4) is 0 Å². The molecule has 0 saturated carbocycles. The van der Waals surface area contributed by atoms with Crippen LogP contribution >= 0.6 is 39.3 Å². The second-order valence-corrected chi connectivity index (χ2v) is 7.75. The van der Waals surface area contributed by atoms with Gasteiger partial charge in [-0.15, -0.1) is 0 Å². The van der Waals surface area contributed by atoms with E-state index in [1.54, 1.807) is 11.8 Å². The molecule has 112 valence electrons. The van der Waals surface area contributed by atoms with E-state index in [-0.39, 0.29) is 0 Å². The van der Waals surface area contributed by atoms with Gasteiger partial charge < -0.3 is 5.32 Å². The van der Waals surface area contributed by atoms with Crippen LogP contribution in [-0.2, 0) is 6.54 Å². The largest absolute Gasteiger partial charge is 0.312 e. The summed E-state index contributed by atoms with van der Waals surface area (Å²) in [5.74, 6) is 0.674. The van der Waals surface area contributed by atoms with E-state index in [0.29, 0.717) is 5.92 Å². The molecular weight excluding hydrogens is 366 g/mol. The first-order valence-corrected chi connectivity index (χ1v) is 8.96. The maximum Gasteiger partial charge on any atom is 0.0406 e. The first kappa shape index (κ1) is 16.9. The van der Waals surface area contributed by atoms with Gasteiger partial charge in [-0.3, -0.25) is 0 Å². The normalized spacial score (nSPS) is 11.1. The fraction of sp³-hybridized carbons (Fsp3) is 0.294. The van der Waals surface area contributed by atoms with Crippen LogP contribution in [0.1, 0.15) is 19.4 Å². The minimum atomic E-state index is 0.674. The molecule has 4 heteroatoms. The fourth-order valence-corrected chi connectivity index (χ4v) is 3.49. The first-order chi connectivity index (χ1) is 10.0. The van der Waals surface area contributed by atoms with Crippen LogP contribution in [0.5, 0.6) is 0 Å². The molecule has 0 spiro atoms. The summed E-state index contributed by atoms with van der Waals surface area (Å²) in [7, 11) is 0. The summed E-state index contributed by atoms with van der Waals surface area (Å²) in [6, 6.07) is 14.4. The van der Waals surface area contributed by atoms with Gasteiger partial charge in [0, 0.05) is 25.8 Å². The monoisotopic (exact) mass is 383 g/mol. The van der Waals surface area contributed by atoms with E-state index < -0.39 is 0 Å². The molecule has 0 saturated heterocycles. The molecule has 0 atom stereocenters. The Labute approximate surface area is 144 Å². The summed E-state index contributed by atoms with van der Waals surface area (Å²) in [6.07, 6.45) is 0. The Bertz CT molecular complexity index is 584. The molecule has 0 aliphatic heterocycles. The summed E-state index contributed by atoms with van der Waals surface area (Å²) in [6.45, 7) is 6.38. The van der Waals surface area contributed by atoms with Gasteiger partial charge in [0.1, 0.15) is 0 Å². The zero-order valence-electron chi connectivity index (χ0n) is 12.2. The Morgan fingerprint density at radius 1 is 1.14 bits per heavy atom. The van der Waals surface area contributed by atoms with E-state index in [4.69, 9.17) is 11.6 Å². The molecule has 0 amide bonds. The van der Waals surface area contributed by atoms with E-state index >= 15 is 0 Å². The van der Waals surface area contributed by atoms with Crippen molar-refractivity contribution in [1.82, 2.24) is 5.32 Å². The molecule has 0 aliphatic carbocycles. The van der Waals surface area contributed by atoms with Gasteiger partial charge in [-0.2, -0.15) is 0 Å². The predicted molar refractivity (Wildman–Crippen MR) is 96.3 cm³/mol. The van der Waals surface area contributed by atoms with Gasteiger partial charge in [-0.05, 0) is 70.4 Å². The van der Waals surface area contributed by atoms with Crippen LogP contribution in [0.2, 0.25) is 5.02 Å². The Hall–Kier alpha value is -0.480. The second-order valence-electron chi connectivity index (χ2n) is 5.35. The maximum atomic E-state index is 5.91. The second kappa shape index (κ2) is 8.23. The molecule has 21 heavy (non-hydrogen) atoms. The first-order valence-electron chi connectivity index (χ1n) is 6.97. The van der Waals surface area contributed by atoms with Crippen LogP contribution in [0.4, 0.5) is 0 Å². The molecule has 0 aromatic heterocycles. The summed E-state index contributed by atoms with van der Waals surface area (Å²) in [5.41, 5.74) is 1.29. The average Bonchev–Trinajstić information content (AvgIpc) is 2.44. The molecular formula is C17H19BrClNS. The highest BCUT2D eigenvalue weighted by Crippen LogP contribution is 2.34. The third-order valence-corrected chi connectivity index (χ3v) is 5.17. The van der Waals surface area contributed by atoms with E-state index in [1.165, 1.54) is 15.4 Å². The Morgan fingerprint density at radius 3 is 2.48 bits per heavy atom. The summed E-state index contributed by atoms with van der Waals surface area (Å²) in [5, 5.41) is 4.23. The van der Waals surface area contributed by atoms with E-state index in [2.05, 4.69) is 53.3 Å². The van der Waals surface area contributed by atoms with Crippen molar-refractivity contribution in [3.63, 3.8) is 0 Å². The highest BCUT2D eigenvalue weighted by atomic mass is 79.9. The van der Waals surface area contributed by atoms with Gasteiger partial charge in [-0.25, -0.2) is 0 Å². The lowest BCUT2D eigenvalue weighted by Gasteiger charge is -2.10. The topological polar surface area (TPSA) is 12.0 Å². The summed E-state index contributed by atoms with van der Waals surface area (Å²) in [4.78, 5) is 2.40. The number of benzene rings is 2. The molecule has 2 aromatic carbocycles. The zero-order chi connectivity index (χ0) is 15.2. The van der Waals surface area contributed by atoms with Gasteiger partial charge in [0.25, 0.3) is 0 Å². The lowest BCUT2D eigenvalue weighted by Crippen LogP contribution is -2.18. The fourth-order valence-electron chi connectivity index (χ4n) is 1.87. The molecule has 0 bridgehead atoms. The van der Waals surface area contributed by atoms with Crippen molar-refractivity contribution in [2.45, 2.75) is 30.2 Å². The predicted octanol–water partition coefficient (Wildman–Crippen LogP) is 6.00. The highest BCUT2D eigenvalue weighted by molar-refractivity contribution is 9.10. The van der Waals surface area contributed by atoms with Crippen molar-refractivity contribution in [2.24, 2.45) is 5.92 Å². The average molecular weight is 385 g/mol. The highest BCUT2D eigenvalue weighted by Gasteiger charge is 2.04. The van der Waals surface area contributed by atoms with Crippen LogP contribution in [0.25, 0.3) is 0 Å². The van der Waals surface area contributed by atoms with Crippen molar-refractivity contribution in [2.75, 3.05) is 6.54 Å². The minimum absolute atomic E-state index is 0.674.